The first-order valence-electron chi connectivity index (χ1n) is 6.80. The van der Waals surface area contributed by atoms with E-state index in [1.54, 1.807) is 0 Å². The smallest absolute Gasteiger partial charge is 0.0392 e. The fourth-order valence-electron chi connectivity index (χ4n) is 2.08. The maximum Gasteiger partial charge on any atom is 0.0392 e. The third kappa shape index (κ3) is 4.47. The van der Waals surface area contributed by atoms with E-state index in [0.29, 0.717) is 0 Å². The Bertz CT molecular complexity index is 403. The van der Waals surface area contributed by atoms with Crippen LogP contribution in [0.15, 0.2) is 74.9 Å². The maximum absolute atomic E-state index is 3.81. The van der Waals surface area contributed by atoms with Crippen LogP contribution in [0.3, 0.4) is 0 Å². The van der Waals surface area contributed by atoms with Crippen molar-refractivity contribution in [1.82, 2.24) is 0 Å². The van der Waals surface area contributed by atoms with Crippen molar-refractivity contribution in [2.75, 3.05) is 36.0 Å². The normalized spacial score (nSPS) is 9.60. The summed E-state index contributed by atoms with van der Waals surface area (Å²) in [5, 5.41) is 0. The van der Waals surface area contributed by atoms with Crippen molar-refractivity contribution >= 4 is 11.4 Å². The summed E-state index contributed by atoms with van der Waals surface area (Å²) in [6.07, 6.45) is 7.62. The molecule has 1 aromatic rings. The molecule has 2 nitrogen and oxygen atoms in total. The van der Waals surface area contributed by atoms with Gasteiger partial charge in [-0.1, -0.05) is 30.4 Å². The summed E-state index contributed by atoms with van der Waals surface area (Å²) >= 11 is 0. The average molecular weight is 268 g/mol. The number of rotatable bonds is 10. The van der Waals surface area contributed by atoms with Crippen LogP contribution >= 0.6 is 0 Å². The van der Waals surface area contributed by atoms with Crippen molar-refractivity contribution in [3.05, 3.63) is 74.9 Å². The second kappa shape index (κ2) is 8.81. The number of nitrogens with zero attached hydrogens (tertiary/aromatic N) is 2. The third-order valence-corrected chi connectivity index (χ3v) is 2.96. The first kappa shape index (κ1) is 15.8. The van der Waals surface area contributed by atoms with Gasteiger partial charge in [0.25, 0.3) is 0 Å². The summed E-state index contributed by atoms with van der Waals surface area (Å²) in [7, 11) is 0. The average Bonchev–Trinajstić information content (AvgIpc) is 2.47. The molecule has 0 spiro atoms. The summed E-state index contributed by atoms with van der Waals surface area (Å²) in [6.45, 7) is 18.5. The van der Waals surface area contributed by atoms with Gasteiger partial charge >= 0.3 is 0 Å². The van der Waals surface area contributed by atoms with Crippen LogP contribution in [0.5, 0.6) is 0 Å². The zero-order valence-corrected chi connectivity index (χ0v) is 12.2. The van der Waals surface area contributed by atoms with Gasteiger partial charge < -0.3 is 9.80 Å². The summed E-state index contributed by atoms with van der Waals surface area (Å²) in [5.74, 6) is 0. The van der Waals surface area contributed by atoms with Crippen LogP contribution in [0.4, 0.5) is 11.4 Å². The molecule has 0 heterocycles. The van der Waals surface area contributed by atoms with Crippen molar-refractivity contribution in [2.24, 2.45) is 0 Å². The van der Waals surface area contributed by atoms with Crippen LogP contribution < -0.4 is 9.80 Å². The monoisotopic (exact) mass is 268 g/mol. The molecule has 0 radical (unpaired) electrons. The molecule has 2 heteroatoms. The highest BCUT2D eigenvalue weighted by molar-refractivity contribution is 5.60. The van der Waals surface area contributed by atoms with Crippen LogP contribution in [0, 0.1) is 0 Å². The lowest BCUT2D eigenvalue weighted by Gasteiger charge is -2.26. The van der Waals surface area contributed by atoms with E-state index >= 15 is 0 Å². The zero-order chi connectivity index (χ0) is 14.8. The Balaban J connectivity index is 3.01. The molecule has 0 saturated carbocycles. The first-order chi connectivity index (χ1) is 9.76. The van der Waals surface area contributed by atoms with Gasteiger partial charge in [-0.2, -0.15) is 0 Å². The summed E-state index contributed by atoms with van der Waals surface area (Å²) < 4.78 is 0. The molecule has 0 amide bonds. The molecular formula is C18H24N2. The Morgan fingerprint density at radius 3 is 1.35 bits per heavy atom. The quantitative estimate of drug-likeness (QED) is 0.591. The molecular weight excluding hydrogens is 244 g/mol. The van der Waals surface area contributed by atoms with Crippen LogP contribution in [0.25, 0.3) is 0 Å². The molecule has 0 fully saturated rings. The Kier molecular flexibility index (Phi) is 6.97. The van der Waals surface area contributed by atoms with E-state index in [0.717, 1.165) is 26.2 Å². The third-order valence-electron chi connectivity index (χ3n) is 2.96. The number of hydrogen-bond donors (Lipinski definition) is 0. The van der Waals surface area contributed by atoms with Gasteiger partial charge in [0.15, 0.2) is 0 Å². The highest BCUT2D eigenvalue weighted by Crippen LogP contribution is 2.22. The minimum absolute atomic E-state index is 0.804. The van der Waals surface area contributed by atoms with Gasteiger partial charge in [-0.05, 0) is 18.2 Å². The Labute approximate surface area is 123 Å². The number of benzene rings is 1. The fraction of sp³-hybridized carbons (Fsp3) is 0.222. The fourth-order valence-corrected chi connectivity index (χ4v) is 2.08. The van der Waals surface area contributed by atoms with Crippen LogP contribution in [-0.4, -0.2) is 26.2 Å². The van der Waals surface area contributed by atoms with Gasteiger partial charge in [-0.25, -0.2) is 0 Å². The predicted octanol–water partition coefficient (Wildman–Crippen LogP) is 4.04. The van der Waals surface area contributed by atoms with Crippen molar-refractivity contribution in [2.45, 2.75) is 0 Å². The standard InChI is InChI=1S/C18H24N2/c1-5-12-19(13-6-2)17-10-9-11-18(16-17)20(14-7-3)15-8-4/h5-11,16H,1-4,12-15H2. The molecule has 0 bridgehead atoms. The molecule has 20 heavy (non-hydrogen) atoms. The Morgan fingerprint density at radius 2 is 1.05 bits per heavy atom. The molecule has 0 N–H and O–H groups in total. The van der Waals surface area contributed by atoms with E-state index in [1.165, 1.54) is 11.4 Å². The van der Waals surface area contributed by atoms with Crippen molar-refractivity contribution < 1.29 is 0 Å². The molecule has 0 aliphatic rings. The van der Waals surface area contributed by atoms with E-state index in [9.17, 15) is 0 Å². The topological polar surface area (TPSA) is 6.48 Å². The SMILES string of the molecule is C=CCN(CC=C)c1cccc(N(CC=C)CC=C)c1. The molecule has 0 saturated heterocycles. The van der Waals surface area contributed by atoms with E-state index in [2.05, 4.69) is 60.4 Å². The van der Waals surface area contributed by atoms with Gasteiger partial charge in [0.2, 0.25) is 0 Å². The molecule has 106 valence electrons. The second-order valence-corrected chi connectivity index (χ2v) is 4.48. The van der Waals surface area contributed by atoms with E-state index in [1.807, 2.05) is 24.3 Å². The van der Waals surface area contributed by atoms with E-state index < -0.39 is 0 Å². The lowest BCUT2D eigenvalue weighted by atomic mass is 10.2. The Hall–Kier alpha value is -2.22. The second-order valence-electron chi connectivity index (χ2n) is 4.48. The molecule has 1 aromatic carbocycles. The Morgan fingerprint density at radius 1 is 0.700 bits per heavy atom. The van der Waals surface area contributed by atoms with Gasteiger partial charge in [-0.3, -0.25) is 0 Å². The molecule has 0 aliphatic carbocycles. The minimum atomic E-state index is 0.804. The predicted molar refractivity (Wildman–Crippen MR) is 91.7 cm³/mol. The number of hydrogen-bond acceptors (Lipinski definition) is 2. The van der Waals surface area contributed by atoms with Gasteiger partial charge in [-0.15, -0.1) is 26.3 Å². The number of anilines is 2. The highest BCUT2D eigenvalue weighted by atomic mass is 15.1. The summed E-state index contributed by atoms with van der Waals surface area (Å²) in [4.78, 5) is 4.45. The maximum atomic E-state index is 3.81. The molecule has 0 aliphatic heterocycles. The molecule has 0 atom stereocenters. The summed E-state index contributed by atoms with van der Waals surface area (Å²) in [5.41, 5.74) is 2.33. The van der Waals surface area contributed by atoms with Gasteiger partial charge in [0.1, 0.15) is 0 Å². The molecule has 0 aromatic heterocycles. The largest absolute Gasteiger partial charge is 0.364 e. The first-order valence-corrected chi connectivity index (χ1v) is 6.80. The molecule has 1 rings (SSSR count). The van der Waals surface area contributed by atoms with Crippen LogP contribution in [-0.2, 0) is 0 Å². The molecule has 0 unspecified atom stereocenters. The summed E-state index contributed by atoms with van der Waals surface area (Å²) in [6, 6.07) is 8.47. The van der Waals surface area contributed by atoms with Crippen molar-refractivity contribution in [3.63, 3.8) is 0 Å². The van der Waals surface area contributed by atoms with E-state index in [-0.39, 0.29) is 0 Å². The van der Waals surface area contributed by atoms with Gasteiger partial charge in [0.05, 0.1) is 0 Å². The van der Waals surface area contributed by atoms with Gasteiger partial charge in [0, 0.05) is 37.6 Å². The minimum Gasteiger partial charge on any atom is -0.364 e. The lowest BCUT2D eigenvalue weighted by Crippen LogP contribution is -2.25. The van der Waals surface area contributed by atoms with Crippen molar-refractivity contribution in [3.8, 4) is 0 Å². The van der Waals surface area contributed by atoms with Crippen LogP contribution in [0.1, 0.15) is 0 Å². The van der Waals surface area contributed by atoms with Crippen molar-refractivity contribution in [1.29, 1.82) is 0 Å². The lowest BCUT2D eigenvalue weighted by molar-refractivity contribution is 0.938. The highest BCUT2D eigenvalue weighted by Gasteiger charge is 2.07. The van der Waals surface area contributed by atoms with Crippen LogP contribution in [0.2, 0.25) is 0 Å². The zero-order valence-electron chi connectivity index (χ0n) is 12.2. The van der Waals surface area contributed by atoms with E-state index in [4.69, 9.17) is 0 Å².